The third-order valence-electron chi connectivity index (χ3n) is 4.54. The van der Waals surface area contributed by atoms with Crippen LogP contribution in [0.1, 0.15) is 23.7 Å². The molecule has 0 spiro atoms. The van der Waals surface area contributed by atoms with Crippen molar-refractivity contribution in [3.63, 3.8) is 0 Å². The van der Waals surface area contributed by atoms with E-state index in [9.17, 15) is 4.79 Å². The molecule has 0 N–H and O–H groups in total. The van der Waals surface area contributed by atoms with E-state index in [1.165, 1.54) is 0 Å². The van der Waals surface area contributed by atoms with Crippen LogP contribution in [0.25, 0.3) is 0 Å². The predicted octanol–water partition coefficient (Wildman–Crippen LogP) is 2.85. The topological polar surface area (TPSA) is 45.7 Å². The van der Waals surface area contributed by atoms with Gasteiger partial charge in [0.15, 0.2) is 6.61 Å². The lowest BCUT2D eigenvalue weighted by Gasteiger charge is -2.19. The first kappa shape index (κ1) is 17.3. The van der Waals surface area contributed by atoms with Crippen LogP contribution in [0.15, 0.2) is 42.5 Å². The van der Waals surface area contributed by atoms with E-state index in [4.69, 9.17) is 4.74 Å². The molecule has 132 valence electrons. The summed E-state index contributed by atoms with van der Waals surface area (Å²) in [6, 6.07) is 13.7. The third-order valence-corrected chi connectivity index (χ3v) is 4.54. The summed E-state index contributed by atoms with van der Waals surface area (Å²) in [5.74, 6) is 1.05. The van der Waals surface area contributed by atoms with Gasteiger partial charge in [-0.05, 0) is 37.6 Å². The second-order valence-corrected chi connectivity index (χ2v) is 6.71. The van der Waals surface area contributed by atoms with Gasteiger partial charge >= 0.3 is 0 Å². The zero-order valence-electron chi connectivity index (χ0n) is 15.1. The summed E-state index contributed by atoms with van der Waals surface area (Å²) in [6.07, 6.45) is 0.945. The van der Waals surface area contributed by atoms with E-state index in [2.05, 4.69) is 22.0 Å². The zero-order chi connectivity index (χ0) is 17.8. The first-order valence-electron chi connectivity index (χ1n) is 8.64. The molecule has 1 aliphatic heterocycles. The summed E-state index contributed by atoms with van der Waals surface area (Å²) in [6.45, 7) is 3.57. The SMILES string of the molecule is Cc1cc(N(C)C)cc([C@H]2CCN(C(=O)COc3ccccc3)C2)n1. The summed E-state index contributed by atoms with van der Waals surface area (Å²) in [7, 11) is 4.06. The normalized spacial score (nSPS) is 16.8. The molecule has 1 fully saturated rings. The number of amides is 1. The maximum absolute atomic E-state index is 12.4. The Morgan fingerprint density at radius 3 is 2.76 bits per heavy atom. The Balaban J connectivity index is 1.60. The smallest absolute Gasteiger partial charge is 0.260 e. The van der Waals surface area contributed by atoms with E-state index in [-0.39, 0.29) is 12.5 Å². The molecule has 0 saturated carbocycles. The van der Waals surface area contributed by atoms with Gasteiger partial charge in [0.1, 0.15) is 5.75 Å². The lowest BCUT2D eigenvalue weighted by Crippen LogP contribution is -2.32. The predicted molar refractivity (Wildman–Crippen MR) is 99.2 cm³/mol. The molecule has 1 aromatic heterocycles. The number of ether oxygens (including phenoxy) is 1. The van der Waals surface area contributed by atoms with Gasteiger partial charge in [0.05, 0.1) is 0 Å². The van der Waals surface area contributed by atoms with E-state index in [1.807, 2.05) is 56.3 Å². The minimum absolute atomic E-state index is 0.0341. The van der Waals surface area contributed by atoms with Gasteiger partial charge in [-0.2, -0.15) is 0 Å². The van der Waals surface area contributed by atoms with Crippen molar-refractivity contribution < 1.29 is 9.53 Å². The number of pyridine rings is 1. The van der Waals surface area contributed by atoms with Crippen LogP contribution in [0.2, 0.25) is 0 Å². The first-order valence-corrected chi connectivity index (χ1v) is 8.64. The van der Waals surface area contributed by atoms with Crippen LogP contribution in [0.5, 0.6) is 5.75 Å². The molecule has 1 saturated heterocycles. The number of aryl methyl sites for hydroxylation is 1. The maximum Gasteiger partial charge on any atom is 0.260 e. The van der Waals surface area contributed by atoms with E-state index in [1.54, 1.807) is 0 Å². The van der Waals surface area contributed by atoms with E-state index in [0.717, 1.165) is 35.8 Å². The molecule has 0 aliphatic carbocycles. The van der Waals surface area contributed by atoms with Gasteiger partial charge in [-0.15, -0.1) is 0 Å². The summed E-state index contributed by atoms with van der Waals surface area (Å²) >= 11 is 0. The van der Waals surface area contributed by atoms with Crippen LogP contribution >= 0.6 is 0 Å². The van der Waals surface area contributed by atoms with Crippen LogP contribution in [-0.2, 0) is 4.79 Å². The van der Waals surface area contributed by atoms with Crippen molar-refractivity contribution in [2.24, 2.45) is 0 Å². The highest BCUT2D eigenvalue weighted by Gasteiger charge is 2.28. The van der Waals surface area contributed by atoms with Gasteiger partial charge < -0.3 is 14.5 Å². The van der Waals surface area contributed by atoms with Crippen molar-refractivity contribution in [2.45, 2.75) is 19.3 Å². The Labute approximate surface area is 149 Å². The highest BCUT2D eigenvalue weighted by Crippen LogP contribution is 2.28. The van der Waals surface area contributed by atoms with Crippen molar-refractivity contribution in [3.05, 3.63) is 53.9 Å². The van der Waals surface area contributed by atoms with Gasteiger partial charge in [-0.1, -0.05) is 18.2 Å². The summed E-state index contributed by atoms with van der Waals surface area (Å²) in [4.78, 5) is 21.1. The molecule has 1 amide bonds. The number of likely N-dealkylation sites (tertiary alicyclic amines) is 1. The van der Waals surface area contributed by atoms with Crippen LogP contribution in [0.3, 0.4) is 0 Å². The van der Waals surface area contributed by atoms with Crippen LogP contribution in [-0.4, -0.2) is 49.6 Å². The molecule has 1 aromatic carbocycles. The average molecular weight is 339 g/mol. The number of carbonyl (C=O) groups excluding carboxylic acids is 1. The molecule has 1 atom stereocenters. The number of carbonyl (C=O) groups is 1. The van der Waals surface area contributed by atoms with Crippen molar-refractivity contribution >= 4 is 11.6 Å². The van der Waals surface area contributed by atoms with Crippen LogP contribution in [0, 0.1) is 6.92 Å². The van der Waals surface area contributed by atoms with Crippen molar-refractivity contribution in [2.75, 3.05) is 38.7 Å². The monoisotopic (exact) mass is 339 g/mol. The number of hydrogen-bond donors (Lipinski definition) is 0. The number of anilines is 1. The van der Waals surface area contributed by atoms with Gasteiger partial charge in [0, 0.05) is 50.2 Å². The quantitative estimate of drug-likeness (QED) is 0.840. The van der Waals surface area contributed by atoms with E-state index < -0.39 is 0 Å². The fourth-order valence-electron chi connectivity index (χ4n) is 3.12. The number of rotatable bonds is 5. The molecule has 3 rings (SSSR count). The lowest BCUT2D eigenvalue weighted by atomic mass is 10.0. The molecule has 1 aliphatic rings. The molecule has 5 nitrogen and oxygen atoms in total. The molecular weight excluding hydrogens is 314 g/mol. The standard InChI is InChI=1S/C20H25N3O2/c1-15-11-17(22(2)3)12-19(21-15)16-9-10-23(13-16)20(24)14-25-18-7-5-4-6-8-18/h4-8,11-12,16H,9-10,13-14H2,1-3H3/t16-/m0/s1. The number of para-hydroxylation sites is 1. The van der Waals surface area contributed by atoms with E-state index in [0.29, 0.717) is 12.5 Å². The molecule has 0 bridgehead atoms. The largest absolute Gasteiger partial charge is 0.484 e. The fourth-order valence-corrected chi connectivity index (χ4v) is 3.12. The van der Waals surface area contributed by atoms with Crippen molar-refractivity contribution in [1.29, 1.82) is 0 Å². The number of aromatic nitrogens is 1. The minimum Gasteiger partial charge on any atom is -0.484 e. The van der Waals surface area contributed by atoms with Crippen molar-refractivity contribution in [3.8, 4) is 5.75 Å². The van der Waals surface area contributed by atoms with Crippen LogP contribution in [0.4, 0.5) is 5.69 Å². The molecule has 25 heavy (non-hydrogen) atoms. The maximum atomic E-state index is 12.4. The first-order chi connectivity index (χ1) is 12.0. The molecule has 0 radical (unpaired) electrons. The van der Waals surface area contributed by atoms with E-state index >= 15 is 0 Å². The fraction of sp³-hybridized carbons (Fsp3) is 0.400. The second-order valence-electron chi connectivity index (χ2n) is 6.71. The molecule has 5 heteroatoms. The second kappa shape index (κ2) is 7.55. The zero-order valence-corrected chi connectivity index (χ0v) is 15.1. The van der Waals surface area contributed by atoms with Gasteiger partial charge in [0.2, 0.25) is 0 Å². The Morgan fingerprint density at radius 2 is 2.04 bits per heavy atom. The Bertz CT molecular complexity index is 731. The number of hydrogen-bond acceptors (Lipinski definition) is 4. The van der Waals surface area contributed by atoms with Gasteiger partial charge in [-0.25, -0.2) is 0 Å². The highest BCUT2D eigenvalue weighted by atomic mass is 16.5. The summed E-state index contributed by atoms with van der Waals surface area (Å²) in [5, 5.41) is 0. The van der Waals surface area contributed by atoms with Gasteiger partial charge in [0.25, 0.3) is 5.91 Å². The molecular formula is C20H25N3O2. The Hall–Kier alpha value is -2.56. The minimum atomic E-state index is 0.0341. The molecule has 2 aromatic rings. The Morgan fingerprint density at radius 1 is 1.28 bits per heavy atom. The number of benzene rings is 1. The summed E-state index contributed by atoms with van der Waals surface area (Å²) < 4.78 is 5.58. The summed E-state index contributed by atoms with van der Waals surface area (Å²) in [5.41, 5.74) is 3.24. The van der Waals surface area contributed by atoms with Gasteiger partial charge in [-0.3, -0.25) is 9.78 Å². The lowest BCUT2D eigenvalue weighted by molar-refractivity contribution is -0.132. The average Bonchev–Trinajstić information content (AvgIpc) is 3.10. The molecule has 0 unspecified atom stereocenters. The van der Waals surface area contributed by atoms with Crippen LogP contribution < -0.4 is 9.64 Å². The number of nitrogens with zero attached hydrogens (tertiary/aromatic N) is 3. The van der Waals surface area contributed by atoms with Crippen molar-refractivity contribution in [1.82, 2.24) is 9.88 Å². The highest BCUT2D eigenvalue weighted by molar-refractivity contribution is 5.78. The Kier molecular flexibility index (Phi) is 5.22. The molecule has 2 heterocycles. The third kappa shape index (κ3) is 4.29.